The van der Waals surface area contributed by atoms with Gasteiger partial charge in [-0.05, 0) is 18.9 Å². The summed E-state index contributed by atoms with van der Waals surface area (Å²) in [6, 6.07) is 0. The standard InChI is InChI=1S/C7H14N2/c1-3-4-9-6-7(2)5-8/h5-6,8-9H,3-4H2,1-2H3/b7-6-,8-5?. The molecule has 0 aromatic heterocycles. The fourth-order valence-corrected chi connectivity index (χ4v) is 0.419. The highest BCUT2D eigenvalue weighted by Gasteiger charge is 1.77. The largest absolute Gasteiger partial charge is 0.391 e. The Morgan fingerprint density at radius 1 is 1.67 bits per heavy atom. The molecular formula is C7H14N2. The Morgan fingerprint density at radius 3 is 2.78 bits per heavy atom. The molecule has 0 spiro atoms. The predicted molar refractivity (Wildman–Crippen MR) is 40.8 cm³/mol. The van der Waals surface area contributed by atoms with Crippen LogP contribution in [0, 0.1) is 5.41 Å². The summed E-state index contributed by atoms with van der Waals surface area (Å²) in [6.45, 7) is 5.00. The summed E-state index contributed by atoms with van der Waals surface area (Å²) in [5, 5.41) is 9.88. The molecule has 0 aliphatic carbocycles. The van der Waals surface area contributed by atoms with Crippen LogP contribution in [0.4, 0.5) is 0 Å². The van der Waals surface area contributed by atoms with Gasteiger partial charge in [-0.2, -0.15) is 0 Å². The molecule has 0 saturated heterocycles. The van der Waals surface area contributed by atoms with Crippen molar-refractivity contribution < 1.29 is 0 Å². The third-order valence-electron chi connectivity index (χ3n) is 0.952. The second-order valence-corrected chi connectivity index (χ2v) is 1.99. The van der Waals surface area contributed by atoms with Gasteiger partial charge in [0.1, 0.15) is 0 Å². The first kappa shape index (κ1) is 8.21. The van der Waals surface area contributed by atoms with E-state index >= 15 is 0 Å². The molecule has 9 heavy (non-hydrogen) atoms. The molecule has 2 N–H and O–H groups in total. The number of nitrogens with one attached hydrogen (secondary N) is 2. The first-order chi connectivity index (χ1) is 4.31. The maximum atomic E-state index is 6.81. The molecule has 0 rings (SSSR count). The van der Waals surface area contributed by atoms with Crippen molar-refractivity contribution in [1.82, 2.24) is 5.32 Å². The summed E-state index contributed by atoms with van der Waals surface area (Å²) in [4.78, 5) is 0. The maximum Gasteiger partial charge on any atom is 0.0221 e. The van der Waals surface area contributed by atoms with Crippen LogP contribution < -0.4 is 5.32 Å². The van der Waals surface area contributed by atoms with Gasteiger partial charge in [0.15, 0.2) is 0 Å². The van der Waals surface area contributed by atoms with Crippen molar-refractivity contribution in [1.29, 1.82) is 5.41 Å². The van der Waals surface area contributed by atoms with Gasteiger partial charge in [0, 0.05) is 19.0 Å². The third-order valence-corrected chi connectivity index (χ3v) is 0.952. The number of rotatable bonds is 4. The van der Waals surface area contributed by atoms with Crippen LogP contribution in [0.1, 0.15) is 20.3 Å². The highest BCUT2D eigenvalue weighted by molar-refractivity contribution is 5.74. The SMILES string of the molecule is CCCN/C=C(/C)C=N. The highest BCUT2D eigenvalue weighted by atomic mass is 14.8. The third kappa shape index (κ3) is 5.07. The fraction of sp³-hybridized carbons (Fsp3) is 0.571. The van der Waals surface area contributed by atoms with E-state index in [1.165, 1.54) is 6.21 Å². The van der Waals surface area contributed by atoms with Crippen LogP contribution in [-0.4, -0.2) is 12.8 Å². The van der Waals surface area contributed by atoms with Gasteiger partial charge in [0.05, 0.1) is 0 Å². The molecule has 52 valence electrons. The summed E-state index contributed by atoms with van der Waals surface area (Å²) in [5.41, 5.74) is 0.962. The minimum atomic E-state index is 0.962. The Hall–Kier alpha value is -0.790. The molecule has 2 nitrogen and oxygen atoms in total. The molecular weight excluding hydrogens is 112 g/mol. The van der Waals surface area contributed by atoms with E-state index in [0.29, 0.717) is 0 Å². The van der Waals surface area contributed by atoms with E-state index in [-0.39, 0.29) is 0 Å². The van der Waals surface area contributed by atoms with Crippen LogP contribution in [0.15, 0.2) is 11.8 Å². The van der Waals surface area contributed by atoms with E-state index in [1.54, 1.807) is 0 Å². The van der Waals surface area contributed by atoms with Gasteiger partial charge in [-0.1, -0.05) is 6.92 Å². The molecule has 2 heteroatoms. The molecule has 0 fully saturated rings. The molecule has 0 saturated carbocycles. The van der Waals surface area contributed by atoms with E-state index < -0.39 is 0 Å². The zero-order valence-electron chi connectivity index (χ0n) is 6.07. The lowest BCUT2D eigenvalue weighted by Gasteiger charge is -1.95. The Morgan fingerprint density at radius 2 is 2.33 bits per heavy atom. The lowest BCUT2D eigenvalue weighted by molar-refractivity contribution is 0.806. The first-order valence-electron chi connectivity index (χ1n) is 3.22. The molecule has 0 amide bonds. The van der Waals surface area contributed by atoms with Crippen molar-refractivity contribution in [3.8, 4) is 0 Å². The molecule has 0 unspecified atom stereocenters. The first-order valence-corrected chi connectivity index (χ1v) is 3.22. The second kappa shape index (κ2) is 5.35. The van der Waals surface area contributed by atoms with Crippen molar-refractivity contribution in [2.45, 2.75) is 20.3 Å². The molecule has 0 bridgehead atoms. The molecule has 0 aromatic rings. The Bertz CT molecular complexity index is 105. The summed E-state index contributed by atoms with van der Waals surface area (Å²) in [5.74, 6) is 0. The second-order valence-electron chi connectivity index (χ2n) is 1.99. The van der Waals surface area contributed by atoms with Crippen molar-refractivity contribution in [3.63, 3.8) is 0 Å². The van der Waals surface area contributed by atoms with Crippen LogP contribution in [-0.2, 0) is 0 Å². The highest BCUT2D eigenvalue weighted by Crippen LogP contribution is 1.81. The van der Waals surface area contributed by atoms with Gasteiger partial charge < -0.3 is 10.7 Å². The Labute approximate surface area is 56.5 Å². The maximum absolute atomic E-state index is 6.81. The molecule has 0 radical (unpaired) electrons. The van der Waals surface area contributed by atoms with Crippen molar-refractivity contribution in [3.05, 3.63) is 11.8 Å². The number of allylic oxidation sites excluding steroid dienone is 1. The van der Waals surface area contributed by atoms with E-state index in [1.807, 2.05) is 13.1 Å². The monoisotopic (exact) mass is 126 g/mol. The van der Waals surface area contributed by atoms with Gasteiger partial charge in [-0.25, -0.2) is 0 Å². The normalized spacial score (nSPS) is 11.1. The lowest BCUT2D eigenvalue weighted by atomic mass is 10.3. The summed E-state index contributed by atoms with van der Waals surface area (Å²) < 4.78 is 0. The van der Waals surface area contributed by atoms with E-state index in [2.05, 4.69) is 12.2 Å². The van der Waals surface area contributed by atoms with Crippen LogP contribution in [0.3, 0.4) is 0 Å². The fourth-order valence-electron chi connectivity index (χ4n) is 0.419. The number of hydrogen-bond donors (Lipinski definition) is 2. The molecule has 0 aliphatic heterocycles. The van der Waals surface area contributed by atoms with Crippen LogP contribution >= 0.6 is 0 Å². The number of hydrogen-bond acceptors (Lipinski definition) is 2. The predicted octanol–water partition coefficient (Wildman–Crippen LogP) is 1.54. The van der Waals surface area contributed by atoms with Crippen LogP contribution in [0.2, 0.25) is 0 Å². The van der Waals surface area contributed by atoms with Crippen molar-refractivity contribution in [2.75, 3.05) is 6.54 Å². The van der Waals surface area contributed by atoms with Crippen LogP contribution in [0.25, 0.3) is 0 Å². The van der Waals surface area contributed by atoms with E-state index in [0.717, 1.165) is 18.5 Å². The van der Waals surface area contributed by atoms with Gasteiger partial charge in [-0.15, -0.1) is 0 Å². The summed E-state index contributed by atoms with van der Waals surface area (Å²) >= 11 is 0. The molecule has 0 heterocycles. The molecule has 0 atom stereocenters. The summed E-state index contributed by atoms with van der Waals surface area (Å²) in [6.07, 6.45) is 4.32. The van der Waals surface area contributed by atoms with Gasteiger partial charge in [0.2, 0.25) is 0 Å². The minimum absolute atomic E-state index is 0.962. The van der Waals surface area contributed by atoms with Crippen LogP contribution in [0.5, 0.6) is 0 Å². The van der Waals surface area contributed by atoms with Crippen molar-refractivity contribution >= 4 is 6.21 Å². The quantitative estimate of drug-likeness (QED) is 0.435. The Balaban J connectivity index is 3.31. The van der Waals surface area contributed by atoms with Gasteiger partial charge >= 0.3 is 0 Å². The zero-order valence-corrected chi connectivity index (χ0v) is 6.07. The smallest absolute Gasteiger partial charge is 0.0221 e. The zero-order chi connectivity index (χ0) is 7.11. The topological polar surface area (TPSA) is 35.9 Å². The average molecular weight is 126 g/mol. The molecule has 0 aliphatic rings. The van der Waals surface area contributed by atoms with E-state index in [9.17, 15) is 0 Å². The molecule has 0 aromatic carbocycles. The minimum Gasteiger partial charge on any atom is -0.391 e. The lowest BCUT2D eigenvalue weighted by Crippen LogP contribution is -2.06. The van der Waals surface area contributed by atoms with Gasteiger partial charge in [-0.3, -0.25) is 0 Å². The van der Waals surface area contributed by atoms with Gasteiger partial charge in [0.25, 0.3) is 0 Å². The Kier molecular flexibility index (Phi) is 4.88. The summed E-state index contributed by atoms with van der Waals surface area (Å²) in [7, 11) is 0. The van der Waals surface area contributed by atoms with E-state index in [4.69, 9.17) is 5.41 Å². The average Bonchev–Trinajstić information content (AvgIpc) is 1.89. The van der Waals surface area contributed by atoms with Crippen molar-refractivity contribution in [2.24, 2.45) is 0 Å².